The molecule has 2 heterocycles. The fourth-order valence-corrected chi connectivity index (χ4v) is 1.98. The van der Waals surface area contributed by atoms with E-state index < -0.39 is 0 Å². The van der Waals surface area contributed by atoms with Gasteiger partial charge in [0.25, 0.3) is 5.91 Å². The minimum absolute atomic E-state index is 0.104. The van der Waals surface area contributed by atoms with E-state index in [1.54, 1.807) is 0 Å². The number of hydrogen-bond donors (Lipinski definition) is 2. The number of piperidine rings is 1. The highest BCUT2D eigenvalue weighted by Gasteiger charge is 2.16. The average Bonchev–Trinajstić information content (AvgIpc) is 2.93. The molecule has 18 heavy (non-hydrogen) atoms. The topological polar surface area (TPSA) is 91.0 Å². The van der Waals surface area contributed by atoms with Crippen molar-refractivity contribution >= 4 is 11.8 Å². The van der Waals surface area contributed by atoms with E-state index in [0.29, 0.717) is 13.0 Å². The number of nitrogens with one attached hydrogen (secondary N) is 2. The van der Waals surface area contributed by atoms with Crippen LogP contribution in [0.1, 0.15) is 36.3 Å². The zero-order valence-electron chi connectivity index (χ0n) is 10.2. The summed E-state index contributed by atoms with van der Waals surface area (Å²) in [6.45, 7) is 2.01. The van der Waals surface area contributed by atoms with Gasteiger partial charge in [0.1, 0.15) is 6.33 Å². The Balaban J connectivity index is 1.68. The molecule has 7 nitrogen and oxygen atoms in total. The summed E-state index contributed by atoms with van der Waals surface area (Å²) in [5, 5.41) is 8.69. The second kappa shape index (κ2) is 6.13. The van der Waals surface area contributed by atoms with Gasteiger partial charge in [-0.15, -0.1) is 0 Å². The van der Waals surface area contributed by atoms with Gasteiger partial charge in [0.05, 0.1) is 0 Å². The molecule has 1 aromatic heterocycles. The number of carbonyl (C=O) groups excluding carboxylic acids is 2. The minimum Gasteiger partial charge on any atom is -0.349 e. The fraction of sp³-hybridized carbons (Fsp3) is 0.636. The van der Waals surface area contributed by atoms with Crippen molar-refractivity contribution < 1.29 is 9.59 Å². The summed E-state index contributed by atoms with van der Waals surface area (Å²) in [4.78, 5) is 28.9. The summed E-state index contributed by atoms with van der Waals surface area (Å²) >= 11 is 0. The number of nitrogens with zero attached hydrogens (tertiary/aromatic N) is 3. The fourth-order valence-electron chi connectivity index (χ4n) is 1.98. The van der Waals surface area contributed by atoms with Crippen LogP contribution in [-0.4, -0.2) is 51.5 Å². The van der Waals surface area contributed by atoms with Gasteiger partial charge in [0, 0.05) is 26.1 Å². The molecule has 0 aromatic carbocycles. The molecule has 0 aliphatic carbocycles. The van der Waals surface area contributed by atoms with E-state index in [-0.39, 0.29) is 17.6 Å². The number of likely N-dealkylation sites (tertiary alicyclic amines) is 1. The molecule has 1 aliphatic rings. The lowest BCUT2D eigenvalue weighted by molar-refractivity contribution is -0.131. The monoisotopic (exact) mass is 251 g/mol. The van der Waals surface area contributed by atoms with Gasteiger partial charge in [0.15, 0.2) is 0 Å². The SMILES string of the molecule is O=C(NCCC(=O)N1CCCCC1)c1ncn[nH]1. The second-order valence-corrected chi connectivity index (χ2v) is 4.28. The average molecular weight is 251 g/mol. The molecule has 2 amide bonds. The van der Waals surface area contributed by atoms with Crippen LogP contribution in [0.3, 0.4) is 0 Å². The molecule has 0 unspecified atom stereocenters. The van der Waals surface area contributed by atoms with E-state index in [1.807, 2.05) is 4.90 Å². The molecular weight excluding hydrogens is 234 g/mol. The lowest BCUT2D eigenvalue weighted by Gasteiger charge is -2.26. The van der Waals surface area contributed by atoms with Crippen LogP contribution in [0.5, 0.6) is 0 Å². The Morgan fingerprint density at radius 1 is 1.33 bits per heavy atom. The number of rotatable bonds is 4. The highest BCUT2D eigenvalue weighted by molar-refractivity contribution is 5.90. The number of aromatic nitrogens is 3. The lowest BCUT2D eigenvalue weighted by atomic mass is 10.1. The highest BCUT2D eigenvalue weighted by Crippen LogP contribution is 2.09. The van der Waals surface area contributed by atoms with Crippen LogP contribution < -0.4 is 5.32 Å². The predicted octanol–water partition coefficient (Wildman–Crippen LogP) is -0.0629. The van der Waals surface area contributed by atoms with E-state index in [9.17, 15) is 9.59 Å². The number of H-pyrrole nitrogens is 1. The summed E-state index contributed by atoms with van der Waals surface area (Å²) in [5.41, 5.74) is 0. The first-order valence-corrected chi connectivity index (χ1v) is 6.19. The molecule has 1 aliphatic heterocycles. The van der Waals surface area contributed by atoms with Crippen molar-refractivity contribution in [2.75, 3.05) is 19.6 Å². The third-order valence-corrected chi connectivity index (χ3v) is 2.96. The van der Waals surface area contributed by atoms with Gasteiger partial charge in [-0.1, -0.05) is 0 Å². The third-order valence-electron chi connectivity index (χ3n) is 2.96. The van der Waals surface area contributed by atoms with E-state index in [1.165, 1.54) is 12.7 Å². The normalized spacial score (nSPS) is 15.4. The Kier molecular flexibility index (Phi) is 4.27. The van der Waals surface area contributed by atoms with Crippen LogP contribution in [0.25, 0.3) is 0 Å². The summed E-state index contributed by atoms with van der Waals surface area (Å²) in [6.07, 6.45) is 4.96. The molecule has 0 radical (unpaired) electrons. The van der Waals surface area contributed by atoms with Crippen LogP contribution >= 0.6 is 0 Å². The van der Waals surface area contributed by atoms with Crippen molar-refractivity contribution in [2.45, 2.75) is 25.7 Å². The molecule has 0 bridgehead atoms. The number of carbonyl (C=O) groups is 2. The second-order valence-electron chi connectivity index (χ2n) is 4.28. The van der Waals surface area contributed by atoms with Crippen molar-refractivity contribution in [1.29, 1.82) is 0 Å². The molecule has 0 spiro atoms. The Morgan fingerprint density at radius 3 is 2.78 bits per heavy atom. The predicted molar refractivity (Wildman–Crippen MR) is 63.8 cm³/mol. The minimum atomic E-state index is -0.334. The summed E-state index contributed by atoms with van der Waals surface area (Å²) < 4.78 is 0. The summed E-state index contributed by atoms with van der Waals surface area (Å²) in [7, 11) is 0. The van der Waals surface area contributed by atoms with Gasteiger partial charge in [0.2, 0.25) is 11.7 Å². The lowest BCUT2D eigenvalue weighted by Crippen LogP contribution is -2.37. The van der Waals surface area contributed by atoms with Crippen molar-refractivity contribution in [2.24, 2.45) is 0 Å². The molecule has 0 saturated carbocycles. The maximum absolute atomic E-state index is 11.8. The number of amides is 2. The molecular formula is C11H17N5O2. The Hall–Kier alpha value is -1.92. The maximum Gasteiger partial charge on any atom is 0.288 e. The van der Waals surface area contributed by atoms with E-state index in [0.717, 1.165) is 25.9 Å². The first-order chi connectivity index (χ1) is 8.77. The van der Waals surface area contributed by atoms with Crippen LogP contribution in [0.2, 0.25) is 0 Å². The van der Waals surface area contributed by atoms with Crippen LogP contribution in [0.15, 0.2) is 6.33 Å². The van der Waals surface area contributed by atoms with Gasteiger partial charge in [-0.25, -0.2) is 4.98 Å². The van der Waals surface area contributed by atoms with Gasteiger partial charge < -0.3 is 10.2 Å². The van der Waals surface area contributed by atoms with Crippen molar-refractivity contribution in [1.82, 2.24) is 25.4 Å². The summed E-state index contributed by atoms with van der Waals surface area (Å²) in [5.74, 6) is -0.0630. The first kappa shape index (κ1) is 12.5. The largest absolute Gasteiger partial charge is 0.349 e. The molecule has 7 heteroatoms. The van der Waals surface area contributed by atoms with Gasteiger partial charge >= 0.3 is 0 Å². The molecule has 2 rings (SSSR count). The van der Waals surface area contributed by atoms with Crippen LogP contribution in [0, 0.1) is 0 Å². The number of hydrogen-bond acceptors (Lipinski definition) is 4. The Bertz CT molecular complexity index is 398. The number of aromatic amines is 1. The van der Waals surface area contributed by atoms with Crippen molar-refractivity contribution in [3.05, 3.63) is 12.2 Å². The molecule has 98 valence electrons. The quantitative estimate of drug-likeness (QED) is 0.784. The van der Waals surface area contributed by atoms with Crippen molar-refractivity contribution in [3.63, 3.8) is 0 Å². The Labute approximate surface area is 105 Å². The zero-order chi connectivity index (χ0) is 12.8. The highest BCUT2D eigenvalue weighted by atomic mass is 16.2. The standard InChI is InChI=1S/C11H17N5O2/c17-9(16-6-2-1-3-7-16)4-5-12-11(18)10-13-8-14-15-10/h8H,1-7H2,(H,12,18)(H,13,14,15). The summed E-state index contributed by atoms with van der Waals surface area (Å²) in [6, 6.07) is 0. The smallest absolute Gasteiger partial charge is 0.288 e. The van der Waals surface area contributed by atoms with Crippen molar-refractivity contribution in [3.8, 4) is 0 Å². The van der Waals surface area contributed by atoms with E-state index in [2.05, 4.69) is 20.5 Å². The van der Waals surface area contributed by atoms with Gasteiger partial charge in [-0.3, -0.25) is 14.7 Å². The maximum atomic E-state index is 11.8. The van der Waals surface area contributed by atoms with Crippen LogP contribution in [0.4, 0.5) is 0 Å². The Morgan fingerprint density at radius 2 is 2.11 bits per heavy atom. The third kappa shape index (κ3) is 3.28. The zero-order valence-corrected chi connectivity index (χ0v) is 10.2. The molecule has 2 N–H and O–H groups in total. The molecule has 1 aromatic rings. The van der Waals surface area contributed by atoms with E-state index in [4.69, 9.17) is 0 Å². The molecule has 0 atom stereocenters. The van der Waals surface area contributed by atoms with E-state index >= 15 is 0 Å². The molecule has 1 fully saturated rings. The molecule has 1 saturated heterocycles. The first-order valence-electron chi connectivity index (χ1n) is 6.19. The van der Waals surface area contributed by atoms with Crippen LogP contribution in [-0.2, 0) is 4.79 Å². The van der Waals surface area contributed by atoms with Gasteiger partial charge in [-0.05, 0) is 19.3 Å². The van der Waals surface area contributed by atoms with Gasteiger partial charge in [-0.2, -0.15) is 5.10 Å².